The number of carbonyl (C=O) groups excluding carboxylic acids is 1. The highest BCUT2D eigenvalue weighted by molar-refractivity contribution is 7.92. The first-order valence-corrected chi connectivity index (χ1v) is 14.4. The second-order valence-corrected chi connectivity index (χ2v) is 12.6. The fourth-order valence-corrected chi connectivity index (χ4v) is 5.73. The lowest BCUT2D eigenvalue weighted by molar-refractivity contribution is 0.0946. The molecule has 37 heavy (non-hydrogen) atoms. The minimum atomic E-state index is -3.92. The van der Waals surface area contributed by atoms with Crippen LogP contribution in [0.3, 0.4) is 0 Å². The quantitative estimate of drug-likeness (QED) is 0.376. The molecule has 0 heterocycles. The van der Waals surface area contributed by atoms with E-state index < -0.39 is 26.0 Å². The molecule has 3 aromatic rings. The number of sulfonamides is 2. The van der Waals surface area contributed by atoms with Crippen LogP contribution in [0.25, 0.3) is 0 Å². The zero-order valence-corrected chi connectivity index (χ0v) is 23.0. The molecule has 0 aliphatic carbocycles. The molecule has 0 atom stereocenters. The van der Waals surface area contributed by atoms with Crippen LogP contribution in [0.5, 0.6) is 5.75 Å². The molecule has 0 spiro atoms. The second kappa shape index (κ2) is 11.3. The first kappa shape index (κ1) is 28.2. The Labute approximate surface area is 218 Å². The van der Waals surface area contributed by atoms with Gasteiger partial charge in [0.15, 0.2) is 0 Å². The van der Waals surface area contributed by atoms with Gasteiger partial charge < -0.3 is 10.1 Å². The van der Waals surface area contributed by atoms with E-state index in [0.29, 0.717) is 17.0 Å². The number of hydrogen-bond acceptors (Lipinski definition) is 6. The van der Waals surface area contributed by atoms with Crippen molar-refractivity contribution in [1.29, 1.82) is 0 Å². The SMILES string of the molecule is Cc1ccc(C)c(NS(=O)(=O)c2cc(C(=O)NCCOc3ccc(S(=O)(=O)N(C)C)cc3)ccc2C)c1. The number of aryl methyl sites for hydroxylation is 3. The minimum Gasteiger partial charge on any atom is -0.492 e. The second-order valence-electron chi connectivity index (χ2n) is 8.77. The van der Waals surface area contributed by atoms with Crippen LogP contribution in [0.15, 0.2) is 70.5 Å². The molecule has 11 heteroatoms. The molecule has 0 fully saturated rings. The van der Waals surface area contributed by atoms with Crippen molar-refractivity contribution in [3.05, 3.63) is 82.9 Å². The molecule has 0 aliphatic heterocycles. The van der Waals surface area contributed by atoms with Crippen LogP contribution >= 0.6 is 0 Å². The molecule has 0 saturated heterocycles. The third-order valence-corrected chi connectivity index (χ3v) is 8.97. The van der Waals surface area contributed by atoms with Crippen molar-refractivity contribution in [2.45, 2.75) is 30.6 Å². The minimum absolute atomic E-state index is 0.0186. The first-order valence-electron chi connectivity index (χ1n) is 11.5. The van der Waals surface area contributed by atoms with E-state index >= 15 is 0 Å². The Bertz CT molecular complexity index is 1500. The maximum Gasteiger partial charge on any atom is 0.262 e. The van der Waals surface area contributed by atoms with E-state index in [1.807, 2.05) is 26.0 Å². The van der Waals surface area contributed by atoms with Gasteiger partial charge in [-0.2, -0.15) is 0 Å². The van der Waals surface area contributed by atoms with Crippen LogP contribution in [0.1, 0.15) is 27.0 Å². The monoisotopic (exact) mass is 545 g/mol. The van der Waals surface area contributed by atoms with Crippen molar-refractivity contribution in [3.63, 3.8) is 0 Å². The fourth-order valence-electron chi connectivity index (χ4n) is 3.43. The summed E-state index contributed by atoms with van der Waals surface area (Å²) in [5, 5.41) is 2.70. The lowest BCUT2D eigenvalue weighted by Crippen LogP contribution is -2.28. The van der Waals surface area contributed by atoms with E-state index in [1.54, 1.807) is 25.1 Å². The van der Waals surface area contributed by atoms with Crippen molar-refractivity contribution in [1.82, 2.24) is 9.62 Å². The molecule has 9 nitrogen and oxygen atoms in total. The van der Waals surface area contributed by atoms with Gasteiger partial charge in [-0.1, -0.05) is 18.2 Å². The van der Waals surface area contributed by atoms with Crippen LogP contribution in [0.4, 0.5) is 5.69 Å². The van der Waals surface area contributed by atoms with E-state index in [2.05, 4.69) is 10.0 Å². The van der Waals surface area contributed by atoms with Gasteiger partial charge in [0.05, 0.1) is 22.0 Å². The lowest BCUT2D eigenvalue weighted by atomic mass is 10.1. The topological polar surface area (TPSA) is 122 Å². The number of hydrogen-bond donors (Lipinski definition) is 2. The Morgan fingerprint density at radius 3 is 2.16 bits per heavy atom. The van der Waals surface area contributed by atoms with Crippen molar-refractivity contribution >= 4 is 31.6 Å². The summed E-state index contributed by atoms with van der Waals surface area (Å²) in [6.07, 6.45) is 0. The van der Waals surface area contributed by atoms with Crippen LogP contribution in [0.2, 0.25) is 0 Å². The number of amides is 1. The summed E-state index contributed by atoms with van der Waals surface area (Å²) in [6, 6.07) is 16.0. The largest absolute Gasteiger partial charge is 0.492 e. The maximum atomic E-state index is 13.1. The van der Waals surface area contributed by atoms with E-state index in [4.69, 9.17) is 4.74 Å². The Balaban J connectivity index is 1.62. The normalized spacial score (nSPS) is 11.8. The Morgan fingerprint density at radius 1 is 0.865 bits per heavy atom. The summed E-state index contributed by atoms with van der Waals surface area (Å²) in [5.41, 5.74) is 2.90. The van der Waals surface area contributed by atoms with Gasteiger partial charge in [-0.05, 0) is 79.9 Å². The summed E-state index contributed by atoms with van der Waals surface area (Å²) in [4.78, 5) is 12.8. The summed E-state index contributed by atoms with van der Waals surface area (Å²) >= 11 is 0. The van der Waals surface area contributed by atoms with Gasteiger partial charge in [-0.3, -0.25) is 9.52 Å². The van der Waals surface area contributed by atoms with Crippen LogP contribution < -0.4 is 14.8 Å². The zero-order chi connectivity index (χ0) is 27.4. The van der Waals surface area contributed by atoms with Crippen molar-refractivity contribution in [2.75, 3.05) is 32.0 Å². The molecule has 3 aromatic carbocycles. The fraction of sp³-hybridized carbons (Fsp3) is 0.269. The van der Waals surface area contributed by atoms with Gasteiger partial charge in [0.1, 0.15) is 12.4 Å². The number of ether oxygens (including phenoxy) is 1. The van der Waals surface area contributed by atoms with Crippen molar-refractivity contribution < 1.29 is 26.4 Å². The molecule has 0 bridgehead atoms. The average Bonchev–Trinajstić information content (AvgIpc) is 2.84. The summed E-state index contributed by atoms with van der Waals surface area (Å²) in [5.74, 6) is 0.00685. The van der Waals surface area contributed by atoms with Crippen LogP contribution in [0, 0.1) is 20.8 Å². The molecule has 0 unspecified atom stereocenters. The standard InChI is InChI=1S/C26H31N3O6S2/c1-18-6-7-19(2)24(16-18)28-36(31,32)25-17-21(9-8-20(25)3)26(30)27-14-15-35-22-10-12-23(13-11-22)37(33,34)29(4)5/h6-13,16-17,28H,14-15H2,1-5H3,(H,27,30). The van der Waals surface area contributed by atoms with Gasteiger partial charge in [0.25, 0.3) is 15.9 Å². The molecule has 0 aromatic heterocycles. The third kappa shape index (κ3) is 6.88. The number of nitrogens with zero attached hydrogens (tertiary/aromatic N) is 1. The maximum absolute atomic E-state index is 13.1. The predicted octanol–water partition coefficient (Wildman–Crippen LogP) is 3.47. The van der Waals surface area contributed by atoms with Crippen molar-refractivity contribution in [3.8, 4) is 5.75 Å². The summed E-state index contributed by atoms with van der Waals surface area (Å²) < 4.78 is 59.8. The summed E-state index contributed by atoms with van der Waals surface area (Å²) in [6.45, 7) is 5.66. The number of carbonyl (C=O) groups is 1. The van der Waals surface area contributed by atoms with E-state index in [-0.39, 0.29) is 28.5 Å². The number of benzene rings is 3. The third-order valence-electron chi connectivity index (χ3n) is 5.64. The molecule has 2 N–H and O–H groups in total. The Hall–Kier alpha value is -3.41. The molecule has 0 aliphatic rings. The molecule has 0 radical (unpaired) electrons. The average molecular weight is 546 g/mol. The molecular weight excluding hydrogens is 514 g/mol. The molecule has 3 rings (SSSR count). The van der Waals surface area contributed by atoms with Gasteiger partial charge in [-0.25, -0.2) is 21.1 Å². The Morgan fingerprint density at radius 2 is 1.51 bits per heavy atom. The lowest BCUT2D eigenvalue weighted by Gasteiger charge is -2.14. The predicted molar refractivity (Wildman–Crippen MR) is 143 cm³/mol. The number of rotatable bonds is 10. The highest BCUT2D eigenvalue weighted by Crippen LogP contribution is 2.24. The summed E-state index contributed by atoms with van der Waals surface area (Å²) in [7, 11) is -4.54. The van der Waals surface area contributed by atoms with Gasteiger partial charge >= 0.3 is 0 Å². The Kier molecular flexibility index (Phi) is 8.62. The van der Waals surface area contributed by atoms with Gasteiger partial charge in [0, 0.05) is 19.7 Å². The van der Waals surface area contributed by atoms with E-state index in [1.165, 1.54) is 44.4 Å². The number of nitrogens with one attached hydrogen (secondary N) is 2. The highest BCUT2D eigenvalue weighted by atomic mass is 32.2. The van der Waals surface area contributed by atoms with Crippen molar-refractivity contribution in [2.24, 2.45) is 0 Å². The van der Waals surface area contributed by atoms with Gasteiger partial charge in [0.2, 0.25) is 10.0 Å². The highest BCUT2D eigenvalue weighted by Gasteiger charge is 2.20. The molecular formula is C26H31N3O6S2. The van der Waals surface area contributed by atoms with E-state index in [0.717, 1.165) is 15.4 Å². The first-order chi connectivity index (χ1) is 17.3. The number of anilines is 1. The molecule has 198 valence electrons. The van der Waals surface area contributed by atoms with Crippen LogP contribution in [-0.4, -0.2) is 54.3 Å². The van der Waals surface area contributed by atoms with E-state index in [9.17, 15) is 21.6 Å². The molecule has 0 saturated carbocycles. The van der Waals surface area contributed by atoms with Gasteiger partial charge in [-0.15, -0.1) is 0 Å². The smallest absolute Gasteiger partial charge is 0.262 e. The van der Waals surface area contributed by atoms with Crippen LogP contribution in [-0.2, 0) is 20.0 Å². The zero-order valence-electron chi connectivity index (χ0n) is 21.4. The molecule has 1 amide bonds.